The first-order chi connectivity index (χ1) is 13.3. The van der Waals surface area contributed by atoms with Crippen LogP contribution in [-0.2, 0) is 30.8 Å². The van der Waals surface area contributed by atoms with Crippen LogP contribution in [0.3, 0.4) is 0 Å². The van der Waals surface area contributed by atoms with E-state index in [1.54, 1.807) is 4.90 Å². The summed E-state index contributed by atoms with van der Waals surface area (Å²) in [5.74, 6) is -1.15. The quantitative estimate of drug-likeness (QED) is 0.665. The lowest BCUT2D eigenvalue weighted by Gasteiger charge is -2.19. The van der Waals surface area contributed by atoms with E-state index in [9.17, 15) is 18.0 Å². The summed E-state index contributed by atoms with van der Waals surface area (Å²) in [6, 6.07) is 13.2. The van der Waals surface area contributed by atoms with Gasteiger partial charge in [0.1, 0.15) is 6.54 Å². The maximum Gasteiger partial charge on any atom is 0.321 e. The van der Waals surface area contributed by atoms with Crippen LogP contribution in [0.5, 0.6) is 0 Å². The van der Waals surface area contributed by atoms with Gasteiger partial charge in [0.15, 0.2) is 6.61 Å². The zero-order valence-corrected chi connectivity index (χ0v) is 16.7. The minimum Gasteiger partial charge on any atom is -0.455 e. The lowest BCUT2D eigenvalue weighted by molar-refractivity contribution is -0.147. The Morgan fingerprint density at radius 1 is 1.14 bits per heavy atom. The van der Waals surface area contributed by atoms with Gasteiger partial charge in [-0.1, -0.05) is 29.8 Å². The van der Waals surface area contributed by atoms with E-state index in [1.807, 2.05) is 24.3 Å². The highest BCUT2D eigenvalue weighted by atomic mass is 35.5. The average molecular weight is 423 g/mol. The van der Waals surface area contributed by atoms with Crippen molar-refractivity contribution in [2.75, 3.05) is 31.6 Å². The number of hydrogen-bond donors (Lipinski definition) is 0. The van der Waals surface area contributed by atoms with Crippen molar-refractivity contribution in [3.05, 3.63) is 59.1 Å². The first-order valence-corrected chi connectivity index (χ1v) is 10.4. The van der Waals surface area contributed by atoms with E-state index in [1.165, 1.54) is 31.3 Å². The topological polar surface area (TPSA) is 84.0 Å². The fourth-order valence-electron chi connectivity index (χ4n) is 2.92. The molecule has 1 aliphatic heterocycles. The Balaban J connectivity index is 1.55. The lowest BCUT2D eigenvalue weighted by Crippen LogP contribution is -2.36. The number of para-hydroxylation sites is 1. The van der Waals surface area contributed by atoms with Crippen molar-refractivity contribution in [3.8, 4) is 0 Å². The minimum atomic E-state index is -3.87. The van der Waals surface area contributed by atoms with E-state index in [0.29, 0.717) is 11.6 Å². The number of amides is 1. The average Bonchev–Trinajstić information content (AvgIpc) is 3.10. The van der Waals surface area contributed by atoms with Crippen LogP contribution in [-0.4, -0.2) is 51.3 Å². The van der Waals surface area contributed by atoms with E-state index in [0.717, 1.165) is 22.0 Å². The number of fused-ring (bicyclic) bond motifs is 1. The van der Waals surface area contributed by atoms with E-state index >= 15 is 0 Å². The Morgan fingerprint density at radius 3 is 2.54 bits per heavy atom. The lowest BCUT2D eigenvalue weighted by atomic mass is 10.2. The summed E-state index contributed by atoms with van der Waals surface area (Å²) in [5, 5.41) is 0.406. The van der Waals surface area contributed by atoms with Gasteiger partial charge in [-0.3, -0.25) is 9.59 Å². The van der Waals surface area contributed by atoms with Gasteiger partial charge in [0.2, 0.25) is 10.0 Å². The Hall–Kier alpha value is -2.42. The molecule has 1 amide bonds. The van der Waals surface area contributed by atoms with Gasteiger partial charge in [-0.25, -0.2) is 8.42 Å². The van der Waals surface area contributed by atoms with Crippen LogP contribution in [0, 0.1) is 0 Å². The van der Waals surface area contributed by atoms with E-state index in [2.05, 4.69) is 0 Å². The first-order valence-electron chi connectivity index (χ1n) is 8.55. The molecule has 0 fully saturated rings. The van der Waals surface area contributed by atoms with Gasteiger partial charge in [0.05, 0.1) is 4.90 Å². The summed E-state index contributed by atoms with van der Waals surface area (Å²) in [4.78, 5) is 26.0. The van der Waals surface area contributed by atoms with E-state index < -0.39 is 29.1 Å². The third-order valence-electron chi connectivity index (χ3n) is 4.42. The molecule has 1 heterocycles. The molecule has 2 aromatic carbocycles. The second-order valence-electron chi connectivity index (χ2n) is 6.30. The molecule has 0 spiro atoms. The number of ether oxygens (including phenoxy) is 1. The van der Waals surface area contributed by atoms with Crippen LogP contribution >= 0.6 is 11.6 Å². The molecule has 0 N–H and O–H groups in total. The van der Waals surface area contributed by atoms with Crippen molar-refractivity contribution >= 4 is 39.2 Å². The van der Waals surface area contributed by atoms with E-state index in [-0.39, 0.29) is 10.8 Å². The zero-order chi connectivity index (χ0) is 20.3. The number of sulfonamides is 1. The molecule has 28 heavy (non-hydrogen) atoms. The molecule has 0 atom stereocenters. The van der Waals surface area contributed by atoms with Crippen LogP contribution in [0.1, 0.15) is 5.56 Å². The Morgan fingerprint density at radius 2 is 1.82 bits per heavy atom. The molecule has 0 radical (unpaired) electrons. The maximum absolute atomic E-state index is 12.5. The highest BCUT2D eigenvalue weighted by molar-refractivity contribution is 7.89. The fourth-order valence-corrected chi connectivity index (χ4v) is 4.16. The van der Waals surface area contributed by atoms with Gasteiger partial charge in [0, 0.05) is 24.3 Å². The van der Waals surface area contributed by atoms with Gasteiger partial charge < -0.3 is 9.64 Å². The molecule has 0 aromatic heterocycles. The third kappa shape index (κ3) is 4.35. The molecule has 0 bridgehead atoms. The number of carbonyl (C=O) groups is 2. The number of rotatable bonds is 6. The largest absolute Gasteiger partial charge is 0.455 e. The van der Waals surface area contributed by atoms with Crippen LogP contribution < -0.4 is 4.90 Å². The number of nitrogens with zero attached hydrogens (tertiary/aromatic N) is 2. The molecule has 7 nitrogen and oxygen atoms in total. The predicted molar refractivity (Wildman–Crippen MR) is 105 cm³/mol. The number of esters is 1. The van der Waals surface area contributed by atoms with Gasteiger partial charge in [-0.2, -0.15) is 4.31 Å². The highest BCUT2D eigenvalue weighted by Gasteiger charge is 2.27. The normalized spacial score (nSPS) is 13.5. The van der Waals surface area contributed by atoms with Crippen LogP contribution in [0.2, 0.25) is 5.02 Å². The number of halogens is 1. The molecular weight excluding hydrogens is 404 g/mol. The van der Waals surface area contributed by atoms with Crippen molar-refractivity contribution in [1.82, 2.24) is 4.31 Å². The van der Waals surface area contributed by atoms with Crippen LogP contribution in [0.15, 0.2) is 53.4 Å². The molecule has 0 saturated heterocycles. The molecule has 9 heteroatoms. The zero-order valence-electron chi connectivity index (χ0n) is 15.2. The molecule has 0 aliphatic carbocycles. The number of carbonyl (C=O) groups excluding carboxylic acids is 2. The smallest absolute Gasteiger partial charge is 0.321 e. The van der Waals surface area contributed by atoms with Crippen molar-refractivity contribution < 1.29 is 22.7 Å². The Kier molecular flexibility index (Phi) is 6.02. The standard InChI is InChI=1S/C19H19ClN2O5S/c1-21(28(25,26)16-8-6-15(20)7-9-16)12-19(24)27-13-18(23)22-11-10-14-4-2-3-5-17(14)22/h2-9H,10-13H2,1H3. The maximum atomic E-state index is 12.5. The van der Waals surface area contributed by atoms with Gasteiger partial charge in [-0.05, 0) is 42.3 Å². The van der Waals surface area contributed by atoms with Crippen LogP contribution in [0.25, 0.3) is 0 Å². The second-order valence-corrected chi connectivity index (χ2v) is 8.78. The number of likely N-dealkylation sites (N-methyl/N-ethyl adjacent to an activating group) is 1. The number of benzene rings is 2. The van der Waals surface area contributed by atoms with Gasteiger partial charge in [-0.15, -0.1) is 0 Å². The minimum absolute atomic E-state index is 0.0111. The molecule has 0 unspecified atom stereocenters. The summed E-state index contributed by atoms with van der Waals surface area (Å²) in [6.07, 6.45) is 0.748. The Labute approximate surface area is 168 Å². The summed E-state index contributed by atoms with van der Waals surface area (Å²) in [5.41, 5.74) is 1.88. The molecule has 148 valence electrons. The van der Waals surface area contributed by atoms with Gasteiger partial charge in [0.25, 0.3) is 5.91 Å². The molecule has 2 aromatic rings. The van der Waals surface area contributed by atoms with Crippen molar-refractivity contribution in [2.24, 2.45) is 0 Å². The van der Waals surface area contributed by atoms with Crippen molar-refractivity contribution in [3.63, 3.8) is 0 Å². The van der Waals surface area contributed by atoms with Crippen LogP contribution in [0.4, 0.5) is 5.69 Å². The fraction of sp³-hybridized carbons (Fsp3) is 0.263. The summed E-state index contributed by atoms with van der Waals surface area (Å²) < 4.78 is 30.8. The molecule has 1 aliphatic rings. The summed E-state index contributed by atoms with van der Waals surface area (Å²) in [7, 11) is -2.60. The van der Waals surface area contributed by atoms with Crippen molar-refractivity contribution in [2.45, 2.75) is 11.3 Å². The third-order valence-corrected chi connectivity index (χ3v) is 6.49. The number of hydrogen-bond acceptors (Lipinski definition) is 5. The SMILES string of the molecule is CN(CC(=O)OCC(=O)N1CCc2ccccc21)S(=O)(=O)c1ccc(Cl)cc1. The highest BCUT2D eigenvalue weighted by Crippen LogP contribution is 2.27. The molecular formula is C19H19ClN2O5S. The van der Waals surface area contributed by atoms with Crippen molar-refractivity contribution in [1.29, 1.82) is 0 Å². The monoisotopic (exact) mass is 422 g/mol. The molecule has 3 rings (SSSR count). The summed E-state index contributed by atoms with van der Waals surface area (Å²) >= 11 is 5.76. The summed E-state index contributed by atoms with van der Waals surface area (Å²) in [6.45, 7) is -0.419. The van der Waals surface area contributed by atoms with Gasteiger partial charge >= 0.3 is 5.97 Å². The van der Waals surface area contributed by atoms with E-state index in [4.69, 9.17) is 16.3 Å². The predicted octanol–water partition coefficient (Wildman–Crippen LogP) is 2.09. The second kappa shape index (κ2) is 8.30. The Bertz CT molecular complexity index is 992. The first kappa shape index (κ1) is 20.3. The number of anilines is 1. The molecule has 0 saturated carbocycles.